The Morgan fingerprint density at radius 1 is 1.32 bits per heavy atom. The number of amides is 3. The van der Waals surface area contributed by atoms with Gasteiger partial charge in [0.15, 0.2) is 0 Å². The van der Waals surface area contributed by atoms with Gasteiger partial charge in [-0.25, -0.2) is 4.79 Å². The summed E-state index contributed by atoms with van der Waals surface area (Å²) in [6.45, 7) is 1.68. The molecule has 0 aromatic heterocycles. The van der Waals surface area contributed by atoms with Gasteiger partial charge in [-0.05, 0) is 19.8 Å². The van der Waals surface area contributed by atoms with Gasteiger partial charge in [-0.2, -0.15) is 0 Å². The molecule has 0 heterocycles. The minimum atomic E-state index is -0.878. The van der Waals surface area contributed by atoms with Gasteiger partial charge in [0.2, 0.25) is 5.91 Å². The molecule has 1 aliphatic rings. The summed E-state index contributed by atoms with van der Waals surface area (Å²) >= 11 is 0. The number of urea groups is 1. The Balaban J connectivity index is 2.40. The fourth-order valence-corrected chi connectivity index (χ4v) is 2.02. The van der Waals surface area contributed by atoms with Gasteiger partial charge in [0, 0.05) is 20.6 Å². The minimum absolute atomic E-state index is 0.0943. The van der Waals surface area contributed by atoms with Crippen LogP contribution in [0.4, 0.5) is 4.79 Å². The maximum atomic E-state index is 11.6. The molecule has 0 aromatic carbocycles. The molecule has 0 spiro atoms. The second-order valence-electron chi connectivity index (χ2n) is 5.22. The molecule has 1 atom stereocenters. The average molecular weight is 271 g/mol. The van der Waals surface area contributed by atoms with Crippen LogP contribution in [0.5, 0.6) is 0 Å². The van der Waals surface area contributed by atoms with E-state index in [1.165, 1.54) is 4.90 Å². The number of hydrogen-bond acceptors (Lipinski definition) is 3. The topological polar surface area (TPSA) is 98.7 Å². The Bertz CT molecular complexity index is 377. The maximum absolute atomic E-state index is 11.6. The van der Waals surface area contributed by atoms with Crippen LogP contribution in [0.2, 0.25) is 0 Å². The van der Waals surface area contributed by atoms with Crippen molar-refractivity contribution in [1.82, 2.24) is 15.5 Å². The molecule has 0 saturated heterocycles. The van der Waals surface area contributed by atoms with Crippen LogP contribution >= 0.6 is 0 Å². The molecule has 3 N–H and O–H groups in total. The summed E-state index contributed by atoms with van der Waals surface area (Å²) in [7, 11) is 3.21. The minimum Gasteiger partial charge on any atom is -0.481 e. The molecule has 0 bridgehead atoms. The van der Waals surface area contributed by atoms with Crippen molar-refractivity contribution >= 4 is 17.9 Å². The summed E-state index contributed by atoms with van der Waals surface area (Å²) in [5.74, 6) is -1.09. The van der Waals surface area contributed by atoms with E-state index in [9.17, 15) is 14.4 Å². The number of nitrogens with zero attached hydrogens (tertiary/aromatic N) is 1. The molecule has 7 heteroatoms. The lowest BCUT2D eigenvalue weighted by Crippen LogP contribution is -2.53. The number of carbonyl (C=O) groups is 3. The van der Waals surface area contributed by atoms with Gasteiger partial charge in [-0.3, -0.25) is 9.59 Å². The van der Waals surface area contributed by atoms with Crippen molar-refractivity contribution in [3.8, 4) is 0 Å². The van der Waals surface area contributed by atoms with E-state index in [-0.39, 0.29) is 12.5 Å². The van der Waals surface area contributed by atoms with Gasteiger partial charge in [0.25, 0.3) is 0 Å². The van der Waals surface area contributed by atoms with Crippen LogP contribution in [0.1, 0.15) is 26.2 Å². The Morgan fingerprint density at radius 3 is 2.26 bits per heavy atom. The molecule has 3 amide bonds. The highest BCUT2D eigenvalue weighted by Gasteiger charge is 2.44. The Kier molecular flexibility index (Phi) is 4.74. The maximum Gasteiger partial charge on any atom is 0.315 e. The lowest BCUT2D eigenvalue weighted by atomic mass is 9.69. The van der Waals surface area contributed by atoms with E-state index in [4.69, 9.17) is 5.11 Å². The van der Waals surface area contributed by atoms with E-state index < -0.39 is 23.5 Å². The quantitative estimate of drug-likeness (QED) is 0.656. The molecule has 1 rings (SSSR count). The monoisotopic (exact) mass is 271 g/mol. The molecule has 0 radical (unpaired) electrons. The van der Waals surface area contributed by atoms with Crippen LogP contribution in [-0.2, 0) is 9.59 Å². The number of rotatable bonds is 5. The fraction of sp³-hybridized carbons (Fsp3) is 0.750. The zero-order chi connectivity index (χ0) is 14.6. The van der Waals surface area contributed by atoms with Gasteiger partial charge in [0.1, 0.15) is 6.04 Å². The summed E-state index contributed by atoms with van der Waals surface area (Å²) in [4.78, 5) is 35.6. The van der Waals surface area contributed by atoms with Gasteiger partial charge in [-0.1, -0.05) is 6.42 Å². The van der Waals surface area contributed by atoms with Gasteiger partial charge in [-0.15, -0.1) is 0 Å². The fourth-order valence-electron chi connectivity index (χ4n) is 2.02. The molecule has 1 fully saturated rings. The standard InChI is InChI=1S/C12H21N3O4/c1-8(9(16)15(2)3)14-11(19)13-7-12(10(17)18)5-4-6-12/h8H,4-7H2,1-3H3,(H,17,18)(H2,13,14,19). The summed E-state index contributed by atoms with van der Waals surface area (Å²) in [5.41, 5.74) is -0.827. The first-order chi connectivity index (χ1) is 8.78. The van der Waals surface area contributed by atoms with E-state index in [1.54, 1.807) is 21.0 Å². The zero-order valence-corrected chi connectivity index (χ0v) is 11.5. The van der Waals surface area contributed by atoms with E-state index in [0.717, 1.165) is 6.42 Å². The van der Waals surface area contributed by atoms with Crippen molar-refractivity contribution in [3.63, 3.8) is 0 Å². The first-order valence-corrected chi connectivity index (χ1v) is 6.27. The lowest BCUT2D eigenvalue weighted by Gasteiger charge is -2.37. The van der Waals surface area contributed by atoms with E-state index in [1.807, 2.05) is 0 Å². The van der Waals surface area contributed by atoms with Crippen molar-refractivity contribution < 1.29 is 19.5 Å². The third-order valence-corrected chi connectivity index (χ3v) is 3.51. The van der Waals surface area contributed by atoms with Crippen molar-refractivity contribution in [3.05, 3.63) is 0 Å². The molecule has 0 aliphatic heterocycles. The molecule has 0 aromatic rings. The van der Waals surface area contributed by atoms with Crippen molar-refractivity contribution in [2.45, 2.75) is 32.2 Å². The van der Waals surface area contributed by atoms with Crippen molar-refractivity contribution in [1.29, 1.82) is 0 Å². The summed E-state index contributed by atoms with van der Waals surface area (Å²) in [6, 6.07) is -1.16. The van der Waals surface area contributed by atoms with Gasteiger partial charge in [0.05, 0.1) is 5.41 Å². The predicted octanol–water partition coefficient (Wildman–Crippen LogP) is 0.0172. The van der Waals surface area contributed by atoms with Crippen LogP contribution in [0, 0.1) is 5.41 Å². The first-order valence-electron chi connectivity index (χ1n) is 6.27. The normalized spacial score (nSPS) is 17.8. The molecule has 108 valence electrons. The molecule has 1 aliphatic carbocycles. The van der Waals surface area contributed by atoms with Crippen molar-refractivity contribution in [2.24, 2.45) is 5.41 Å². The SMILES string of the molecule is CC(NC(=O)NCC1(C(=O)O)CCC1)C(=O)N(C)C. The molecule has 1 unspecified atom stereocenters. The third kappa shape index (κ3) is 3.59. The molecule has 7 nitrogen and oxygen atoms in total. The lowest BCUT2D eigenvalue weighted by molar-refractivity contribution is -0.153. The number of carboxylic acids is 1. The van der Waals surface area contributed by atoms with Crippen LogP contribution in [0.3, 0.4) is 0 Å². The van der Waals surface area contributed by atoms with Crippen LogP contribution in [0.25, 0.3) is 0 Å². The highest BCUT2D eigenvalue weighted by molar-refractivity contribution is 5.86. The second kappa shape index (κ2) is 5.90. The Hall–Kier alpha value is -1.79. The number of nitrogens with one attached hydrogen (secondary N) is 2. The number of hydrogen-bond donors (Lipinski definition) is 3. The number of carbonyl (C=O) groups excluding carboxylic acids is 2. The van der Waals surface area contributed by atoms with Crippen molar-refractivity contribution in [2.75, 3.05) is 20.6 Å². The highest BCUT2D eigenvalue weighted by atomic mass is 16.4. The Morgan fingerprint density at radius 2 is 1.89 bits per heavy atom. The molecular weight excluding hydrogens is 250 g/mol. The molecular formula is C12H21N3O4. The molecule has 1 saturated carbocycles. The van der Waals surface area contributed by atoms with Gasteiger partial charge >= 0.3 is 12.0 Å². The predicted molar refractivity (Wildman–Crippen MR) is 68.6 cm³/mol. The number of aliphatic carboxylic acids is 1. The number of likely N-dealkylation sites (N-methyl/N-ethyl adjacent to an activating group) is 1. The summed E-state index contributed by atoms with van der Waals surface area (Å²) in [6.07, 6.45) is 2.02. The van der Waals surface area contributed by atoms with Crippen LogP contribution in [-0.4, -0.2) is 54.6 Å². The average Bonchev–Trinajstić information content (AvgIpc) is 2.25. The molecule has 19 heavy (non-hydrogen) atoms. The second-order valence-corrected chi connectivity index (χ2v) is 5.22. The third-order valence-electron chi connectivity index (χ3n) is 3.51. The smallest absolute Gasteiger partial charge is 0.315 e. The van der Waals surface area contributed by atoms with Crippen LogP contribution in [0.15, 0.2) is 0 Å². The summed E-state index contributed by atoms with van der Waals surface area (Å²) in [5, 5.41) is 14.1. The van der Waals surface area contributed by atoms with E-state index in [0.29, 0.717) is 12.8 Å². The first kappa shape index (κ1) is 15.3. The number of carboxylic acid groups (broad SMARTS) is 1. The van der Waals surface area contributed by atoms with Crippen LogP contribution < -0.4 is 10.6 Å². The zero-order valence-electron chi connectivity index (χ0n) is 11.5. The largest absolute Gasteiger partial charge is 0.481 e. The summed E-state index contributed by atoms with van der Waals surface area (Å²) < 4.78 is 0. The van der Waals surface area contributed by atoms with E-state index in [2.05, 4.69) is 10.6 Å². The highest BCUT2D eigenvalue weighted by Crippen LogP contribution is 2.40. The van der Waals surface area contributed by atoms with Gasteiger partial charge < -0.3 is 20.6 Å². The van der Waals surface area contributed by atoms with E-state index >= 15 is 0 Å². The Labute approximate surface area is 112 Å².